The lowest BCUT2D eigenvalue weighted by atomic mass is 10.0. The third-order valence-corrected chi connectivity index (χ3v) is 3.90. The van der Waals surface area contributed by atoms with Crippen molar-refractivity contribution in [1.82, 2.24) is 10.2 Å². The van der Waals surface area contributed by atoms with Crippen LogP contribution in [0.2, 0.25) is 0 Å². The summed E-state index contributed by atoms with van der Waals surface area (Å²) in [5.74, 6) is 0.268. The number of nitrogens with zero attached hydrogens (tertiary/aromatic N) is 1. The van der Waals surface area contributed by atoms with Crippen LogP contribution in [0.15, 0.2) is 0 Å². The van der Waals surface area contributed by atoms with E-state index in [-0.39, 0.29) is 30.7 Å². The number of carbonyl (C=O) groups excluding carboxylic acids is 1. The highest BCUT2D eigenvalue weighted by Crippen LogP contribution is 2.22. The second-order valence-corrected chi connectivity index (χ2v) is 7.31. The van der Waals surface area contributed by atoms with Crippen LogP contribution >= 0.6 is 12.2 Å². The summed E-state index contributed by atoms with van der Waals surface area (Å²) in [6.45, 7) is 10.3. The molecule has 0 aromatic rings. The Balaban J connectivity index is 2.68. The van der Waals surface area contributed by atoms with E-state index in [4.69, 9.17) is 17.0 Å². The SMILES string of the molecule is CC(C)[C@@H](CO)NC(=S)[C@@H]1CCCN1C(=O)OC(C)(C)C. The van der Waals surface area contributed by atoms with Gasteiger partial charge in [0, 0.05) is 6.54 Å². The maximum Gasteiger partial charge on any atom is 0.410 e. The molecule has 0 bridgehead atoms. The number of amides is 1. The van der Waals surface area contributed by atoms with Gasteiger partial charge in [-0.15, -0.1) is 0 Å². The number of ether oxygens (including phenoxy) is 1. The molecular formula is C15H28N2O3S. The summed E-state index contributed by atoms with van der Waals surface area (Å²) in [7, 11) is 0. The van der Waals surface area contributed by atoms with E-state index in [0.29, 0.717) is 11.5 Å². The molecule has 0 radical (unpaired) electrons. The van der Waals surface area contributed by atoms with Crippen LogP contribution in [0.3, 0.4) is 0 Å². The number of hydrogen-bond donors (Lipinski definition) is 2. The van der Waals surface area contributed by atoms with Crippen LogP contribution in [0.4, 0.5) is 4.79 Å². The van der Waals surface area contributed by atoms with Crippen molar-refractivity contribution in [2.75, 3.05) is 13.2 Å². The van der Waals surface area contributed by atoms with Crippen molar-refractivity contribution >= 4 is 23.3 Å². The van der Waals surface area contributed by atoms with Gasteiger partial charge >= 0.3 is 6.09 Å². The van der Waals surface area contributed by atoms with Crippen molar-refractivity contribution in [1.29, 1.82) is 0 Å². The van der Waals surface area contributed by atoms with Gasteiger partial charge in [0.25, 0.3) is 0 Å². The lowest BCUT2D eigenvalue weighted by Crippen LogP contribution is -2.51. The third kappa shape index (κ3) is 5.43. The van der Waals surface area contributed by atoms with Gasteiger partial charge in [-0.3, -0.25) is 4.90 Å². The molecule has 5 nitrogen and oxygen atoms in total. The highest BCUT2D eigenvalue weighted by atomic mass is 32.1. The van der Waals surface area contributed by atoms with Crippen molar-refractivity contribution in [3.63, 3.8) is 0 Å². The van der Waals surface area contributed by atoms with E-state index in [1.165, 1.54) is 0 Å². The zero-order valence-electron chi connectivity index (χ0n) is 13.7. The molecule has 0 saturated carbocycles. The topological polar surface area (TPSA) is 61.8 Å². The van der Waals surface area contributed by atoms with Gasteiger partial charge < -0.3 is 15.2 Å². The molecule has 2 atom stereocenters. The van der Waals surface area contributed by atoms with Gasteiger partial charge in [-0.25, -0.2) is 4.79 Å². The maximum atomic E-state index is 12.2. The van der Waals surface area contributed by atoms with Crippen molar-refractivity contribution in [3.05, 3.63) is 0 Å². The fourth-order valence-corrected chi connectivity index (χ4v) is 2.68. The first-order valence-electron chi connectivity index (χ1n) is 7.56. The molecule has 1 aliphatic rings. The summed E-state index contributed by atoms with van der Waals surface area (Å²) in [5.41, 5.74) is -0.509. The van der Waals surface area contributed by atoms with E-state index >= 15 is 0 Å². The van der Waals surface area contributed by atoms with Crippen LogP contribution in [-0.4, -0.2) is 51.9 Å². The van der Waals surface area contributed by atoms with Gasteiger partial charge in [-0.05, 0) is 39.5 Å². The molecule has 1 rings (SSSR count). The van der Waals surface area contributed by atoms with Gasteiger partial charge in [0.1, 0.15) is 5.60 Å². The molecule has 6 heteroatoms. The molecule has 0 aliphatic carbocycles. The first-order valence-corrected chi connectivity index (χ1v) is 7.97. The number of aliphatic hydroxyl groups excluding tert-OH is 1. The Labute approximate surface area is 133 Å². The zero-order valence-corrected chi connectivity index (χ0v) is 14.5. The highest BCUT2D eigenvalue weighted by Gasteiger charge is 2.35. The normalized spacial score (nSPS) is 20.5. The summed E-state index contributed by atoms with van der Waals surface area (Å²) in [4.78, 5) is 14.5. The minimum atomic E-state index is -0.509. The Morgan fingerprint density at radius 2 is 2.10 bits per heavy atom. The second kappa shape index (κ2) is 7.40. The number of nitrogens with one attached hydrogen (secondary N) is 1. The lowest BCUT2D eigenvalue weighted by Gasteiger charge is -2.31. The minimum Gasteiger partial charge on any atom is -0.444 e. The van der Waals surface area contributed by atoms with Crippen LogP contribution in [0, 0.1) is 5.92 Å². The number of rotatable bonds is 4. The van der Waals surface area contributed by atoms with Crippen molar-refractivity contribution in [2.24, 2.45) is 5.92 Å². The van der Waals surface area contributed by atoms with Crippen LogP contribution in [0.5, 0.6) is 0 Å². The maximum absolute atomic E-state index is 12.2. The third-order valence-electron chi connectivity index (χ3n) is 3.51. The largest absolute Gasteiger partial charge is 0.444 e. The van der Waals surface area contributed by atoms with Crippen molar-refractivity contribution in [2.45, 2.75) is 65.1 Å². The average Bonchev–Trinajstić information content (AvgIpc) is 2.82. The highest BCUT2D eigenvalue weighted by molar-refractivity contribution is 7.80. The number of aliphatic hydroxyl groups is 1. The second-order valence-electron chi connectivity index (χ2n) is 6.87. The van der Waals surface area contributed by atoms with Gasteiger partial charge in [-0.1, -0.05) is 26.1 Å². The summed E-state index contributed by atoms with van der Waals surface area (Å²) in [6, 6.07) is -0.221. The number of carbonyl (C=O) groups is 1. The van der Waals surface area contributed by atoms with E-state index in [1.54, 1.807) is 4.90 Å². The molecule has 1 aliphatic heterocycles. The van der Waals surface area contributed by atoms with Crippen LogP contribution < -0.4 is 5.32 Å². The predicted molar refractivity (Wildman–Crippen MR) is 87.4 cm³/mol. The van der Waals surface area contributed by atoms with Gasteiger partial charge in [0.05, 0.1) is 23.7 Å². The average molecular weight is 316 g/mol. The van der Waals surface area contributed by atoms with Gasteiger partial charge in [-0.2, -0.15) is 0 Å². The molecule has 122 valence electrons. The van der Waals surface area contributed by atoms with Crippen LogP contribution in [0.25, 0.3) is 0 Å². The fraction of sp³-hybridized carbons (Fsp3) is 0.867. The molecule has 1 fully saturated rings. The van der Waals surface area contributed by atoms with Crippen molar-refractivity contribution < 1.29 is 14.6 Å². The van der Waals surface area contributed by atoms with Gasteiger partial charge in [0.2, 0.25) is 0 Å². The fourth-order valence-electron chi connectivity index (χ4n) is 2.28. The Morgan fingerprint density at radius 1 is 1.48 bits per heavy atom. The Morgan fingerprint density at radius 3 is 2.57 bits per heavy atom. The molecule has 0 aromatic heterocycles. The molecule has 1 saturated heterocycles. The summed E-state index contributed by atoms with van der Waals surface area (Å²) >= 11 is 5.44. The Kier molecular flexibility index (Phi) is 6.41. The first kappa shape index (κ1) is 18.2. The molecule has 0 aromatic carbocycles. The molecule has 1 amide bonds. The monoisotopic (exact) mass is 316 g/mol. The minimum absolute atomic E-state index is 0.0248. The standard InChI is InChI=1S/C15H28N2O3S/c1-10(2)11(9-18)16-13(21)12-7-6-8-17(12)14(19)20-15(3,4)5/h10-12,18H,6-9H2,1-5H3,(H,16,21)/t11-,12+/m1/s1. The van der Waals surface area contributed by atoms with Crippen LogP contribution in [-0.2, 0) is 4.74 Å². The number of hydrogen-bond acceptors (Lipinski definition) is 4. The molecule has 1 heterocycles. The number of thiocarbonyl (C=S) groups is 1. The Bertz CT molecular complexity index is 380. The lowest BCUT2D eigenvalue weighted by molar-refractivity contribution is 0.0265. The first-order chi connectivity index (χ1) is 9.65. The molecular weight excluding hydrogens is 288 g/mol. The molecule has 0 spiro atoms. The summed E-state index contributed by atoms with van der Waals surface area (Å²) in [6.07, 6.45) is 1.43. The molecule has 2 N–H and O–H groups in total. The molecule has 21 heavy (non-hydrogen) atoms. The number of likely N-dealkylation sites (tertiary alicyclic amines) is 1. The van der Waals surface area contributed by atoms with E-state index in [1.807, 2.05) is 34.6 Å². The van der Waals surface area contributed by atoms with E-state index < -0.39 is 5.60 Å². The van der Waals surface area contributed by atoms with E-state index in [0.717, 1.165) is 12.8 Å². The summed E-state index contributed by atoms with van der Waals surface area (Å²) < 4.78 is 5.43. The molecule has 0 unspecified atom stereocenters. The smallest absolute Gasteiger partial charge is 0.410 e. The predicted octanol–water partition coefficient (Wildman–Crippen LogP) is 2.32. The quantitative estimate of drug-likeness (QED) is 0.780. The van der Waals surface area contributed by atoms with Crippen molar-refractivity contribution in [3.8, 4) is 0 Å². The summed E-state index contributed by atoms with van der Waals surface area (Å²) in [5, 5.41) is 12.6. The van der Waals surface area contributed by atoms with E-state index in [9.17, 15) is 9.90 Å². The van der Waals surface area contributed by atoms with Crippen LogP contribution in [0.1, 0.15) is 47.5 Å². The Hall–Kier alpha value is -0.880. The van der Waals surface area contributed by atoms with Gasteiger partial charge in [0.15, 0.2) is 0 Å². The van der Waals surface area contributed by atoms with E-state index in [2.05, 4.69) is 5.32 Å². The zero-order chi connectivity index (χ0) is 16.2.